The molecule has 0 saturated carbocycles. The Bertz CT molecular complexity index is 941. The Morgan fingerprint density at radius 3 is 2.23 bits per heavy atom. The highest BCUT2D eigenvalue weighted by Crippen LogP contribution is 2.26. The van der Waals surface area contributed by atoms with Crippen LogP contribution >= 0.6 is 0 Å². The summed E-state index contributed by atoms with van der Waals surface area (Å²) in [6.45, 7) is 2.58. The van der Waals surface area contributed by atoms with Gasteiger partial charge < -0.3 is 4.90 Å². The Morgan fingerprint density at radius 1 is 1.00 bits per heavy atom. The minimum atomic E-state index is -0.214. The molecule has 4 nitrogen and oxygen atoms in total. The van der Waals surface area contributed by atoms with Crippen LogP contribution in [-0.4, -0.2) is 23.2 Å². The molecule has 1 heterocycles. The second-order valence-corrected chi connectivity index (χ2v) is 5.78. The Labute approximate surface area is 153 Å². The summed E-state index contributed by atoms with van der Waals surface area (Å²) in [7, 11) is 0. The molecule has 1 aliphatic heterocycles. The summed E-state index contributed by atoms with van der Waals surface area (Å²) in [6.07, 6.45) is 4.06. The average molecular weight is 338 g/mol. The van der Waals surface area contributed by atoms with Gasteiger partial charge in [0.2, 0.25) is 0 Å². The lowest BCUT2D eigenvalue weighted by Crippen LogP contribution is -2.42. The summed E-state index contributed by atoms with van der Waals surface area (Å²) in [5, 5.41) is 19.0. The van der Waals surface area contributed by atoms with Gasteiger partial charge in [-0.15, -0.1) is 0 Å². The molecule has 0 aliphatic carbocycles. The Morgan fingerprint density at radius 2 is 1.65 bits per heavy atom. The van der Waals surface area contributed by atoms with Crippen molar-refractivity contribution in [1.29, 1.82) is 10.5 Å². The van der Waals surface area contributed by atoms with Crippen molar-refractivity contribution in [1.82, 2.24) is 4.90 Å². The second kappa shape index (κ2) is 7.96. The fourth-order valence-corrected chi connectivity index (χ4v) is 3.02. The molecule has 4 heteroatoms. The highest BCUT2D eigenvalue weighted by atomic mass is 15.2. The lowest BCUT2D eigenvalue weighted by Gasteiger charge is -2.34. The smallest absolute Gasteiger partial charge is 0.175 e. The van der Waals surface area contributed by atoms with Crippen molar-refractivity contribution in [2.24, 2.45) is 4.99 Å². The molecule has 0 aromatic heterocycles. The summed E-state index contributed by atoms with van der Waals surface area (Å²) in [5.41, 5.74) is 3.27. The van der Waals surface area contributed by atoms with E-state index in [1.54, 1.807) is 0 Å². The van der Waals surface area contributed by atoms with Gasteiger partial charge in [-0.1, -0.05) is 72.8 Å². The van der Waals surface area contributed by atoms with Crippen molar-refractivity contribution in [3.05, 3.63) is 89.3 Å². The number of hydrogen-bond donors (Lipinski definition) is 0. The van der Waals surface area contributed by atoms with Crippen LogP contribution in [0.15, 0.2) is 83.1 Å². The lowest BCUT2D eigenvalue weighted by atomic mass is 9.97. The van der Waals surface area contributed by atoms with Gasteiger partial charge in [-0.2, -0.15) is 10.5 Å². The zero-order valence-corrected chi connectivity index (χ0v) is 14.5. The number of nitriles is 2. The first kappa shape index (κ1) is 17.2. The lowest BCUT2D eigenvalue weighted by molar-refractivity contribution is 0.366. The van der Waals surface area contributed by atoms with E-state index in [2.05, 4.69) is 17.1 Å². The van der Waals surface area contributed by atoms with Gasteiger partial charge >= 0.3 is 0 Å². The molecule has 0 saturated heterocycles. The first-order valence-electron chi connectivity index (χ1n) is 8.46. The number of nitrogens with zero attached hydrogens (tertiary/aromatic N) is 4. The van der Waals surface area contributed by atoms with Crippen LogP contribution in [0, 0.1) is 22.7 Å². The van der Waals surface area contributed by atoms with Gasteiger partial charge in [0.1, 0.15) is 12.1 Å². The van der Waals surface area contributed by atoms with Gasteiger partial charge in [0, 0.05) is 6.54 Å². The number of hydrogen-bond acceptors (Lipinski definition) is 4. The average Bonchev–Trinajstić information content (AvgIpc) is 2.72. The molecule has 1 atom stereocenters. The zero-order valence-electron chi connectivity index (χ0n) is 14.5. The molecule has 2 aromatic rings. The Balaban J connectivity index is 2.11. The number of aliphatic imine (C=N–C) groups is 1. The minimum absolute atomic E-state index is 0.164. The highest BCUT2D eigenvalue weighted by molar-refractivity contribution is 6.07. The molecule has 2 aromatic carbocycles. The number of allylic oxidation sites excluding steroid dienone is 2. The van der Waals surface area contributed by atoms with Crippen molar-refractivity contribution >= 4 is 11.8 Å². The van der Waals surface area contributed by atoms with Gasteiger partial charge in [0.05, 0.1) is 11.8 Å². The molecule has 0 spiro atoms. The summed E-state index contributed by atoms with van der Waals surface area (Å²) < 4.78 is 0. The van der Waals surface area contributed by atoms with E-state index in [4.69, 9.17) is 0 Å². The van der Waals surface area contributed by atoms with Crippen LogP contribution < -0.4 is 0 Å². The van der Waals surface area contributed by atoms with Crippen LogP contribution in [0.1, 0.15) is 18.1 Å². The van der Waals surface area contributed by atoms with Crippen LogP contribution in [0.3, 0.4) is 0 Å². The van der Waals surface area contributed by atoms with Gasteiger partial charge in [0.25, 0.3) is 0 Å². The van der Waals surface area contributed by atoms with E-state index in [0.29, 0.717) is 12.2 Å². The Hall–Kier alpha value is -3.63. The fraction of sp³-hybridized carbons (Fsp3) is 0.136. The number of benzene rings is 2. The van der Waals surface area contributed by atoms with Crippen LogP contribution in [-0.2, 0) is 0 Å². The Kier molecular flexibility index (Phi) is 5.27. The molecule has 0 unspecified atom stereocenters. The zero-order chi connectivity index (χ0) is 18.4. The summed E-state index contributed by atoms with van der Waals surface area (Å²) in [4.78, 5) is 6.46. The molecule has 0 bridgehead atoms. The molecule has 1 aliphatic rings. The van der Waals surface area contributed by atoms with E-state index in [1.807, 2.05) is 84.6 Å². The van der Waals surface area contributed by atoms with Crippen LogP contribution in [0.5, 0.6) is 0 Å². The third-order valence-corrected chi connectivity index (χ3v) is 4.25. The number of rotatable bonds is 4. The predicted molar refractivity (Wildman–Crippen MR) is 103 cm³/mol. The molecule has 0 N–H and O–H groups in total. The van der Waals surface area contributed by atoms with Crippen molar-refractivity contribution in [3.8, 4) is 12.1 Å². The van der Waals surface area contributed by atoms with Crippen LogP contribution in [0.25, 0.3) is 6.08 Å². The maximum Gasteiger partial charge on any atom is 0.175 e. The van der Waals surface area contributed by atoms with E-state index < -0.39 is 0 Å². The topological polar surface area (TPSA) is 63.2 Å². The first-order valence-corrected chi connectivity index (χ1v) is 8.46. The van der Waals surface area contributed by atoms with Crippen molar-refractivity contribution in [3.63, 3.8) is 0 Å². The predicted octanol–water partition coefficient (Wildman–Crippen LogP) is 4.15. The second-order valence-electron chi connectivity index (χ2n) is 5.78. The fourth-order valence-electron chi connectivity index (χ4n) is 3.02. The van der Waals surface area contributed by atoms with E-state index in [0.717, 1.165) is 16.8 Å². The van der Waals surface area contributed by atoms with Gasteiger partial charge in [-0.25, -0.2) is 4.99 Å². The van der Waals surface area contributed by atoms with Crippen molar-refractivity contribution in [2.45, 2.75) is 13.0 Å². The van der Waals surface area contributed by atoms with Gasteiger partial charge in [-0.05, 0) is 18.1 Å². The monoisotopic (exact) mass is 338 g/mol. The molecule has 0 radical (unpaired) electrons. The van der Waals surface area contributed by atoms with Crippen LogP contribution in [0.4, 0.5) is 0 Å². The summed E-state index contributed by atoms with van der Waals surface area (Å²) >= 11 is 0. The molecule has 126 valence electrons. The molecule has 26 heavy (non-hydrogen) atoms. The van der Waals surface area contributed by atoms with Crippen molar-refractivity contribution in [2.75, 3.05) is 6.54 Å². The van der Waals surface area contributed by atoms with E-state index in [1.165, 1.54) is 0 Å². The summed E-state index contributed by atoms with van der Waals surface area (Å²) in [6, 6.07) is 23.8. The highest BCUT2D eigenvalue weighted by Gasteiger charge is 2.30. The van der Waals surface area contributed by atoms with Gasteiger partial charge in [-0.3, -0.25) is 0 Å². The molecule has 0 amide bonds. The molecular weight excluding hydrogens is 320 g/mol. The van der Waals surface area contributed by atoms with E-state index >= 15 is 0 Å². The largest absolute Gasteiger partial charge is 0.349 e. The quantitative estimate of drug-likeness (QED) is 0.841. The van der Waals surface area contributed by atoms with Gasteiger partial charge in [0.15, 0.2) is 11.4 Å². The van der Waals surface area contributed by atoms with E-state index in [9.17, 15) is 10.5 Å². The summed E-state index contributed by atoms with van der Waals surface area (Å²) in [5.74, 6) is 0. The number of likely N-dealkylation sites (N-methyl/N-ethyl adjacent to an activating group) is 1. The minimum Gasteiger partial charge on any atom is -0.349 e. The molecular formula is C22H18N4. The maximum atomic E-state index is 9.56. The first-order chi connectivity index (χ1) is 12.8. The standard InChI is InChI=1S/C22H18N4/c1-2-26-20(14-13-17-9-5-3-6-10-17)22(18-11-7-4-8-12-18)25-19(15-23)21(26)16-24/h3-14,20H,2H2,1H3/b14-13+/t20-/m0/s1. The maximum absolute atomic E-state index is 9.56. The molecule has 0 fully saturated rings. The van der Waals surface area contributed by atoms with Crippen molar-refractivity contribution < 1.29 is 0 Å². The van der Waals surface area contributed by atoms with E-state index in [-0.39, 0.29) is 11.7 Å². The SMILES string of the molecule is CCN1C(C#N)=C(C#N)N=C(c2ccccc2)[C@@H]1/C=C/c1ccccc1. The molecule has 3 rings (SSSR count). The third kappa shape index (κ3) is 3.41. The third-order valence-electron chi connectivity index (χ3n) is 4.25. The van der Waals surface area contributed by atoms with Crippen LogP contribution in [0.2, 0.25) is 0 Å². The normalized spacial score (nSPS) is 17.0.